The molecule has 4 heteroatoms. The standard InChI is InChI=1S/C21H32N2O2/c1-7-17-10-8-9-11-23(17)20(25)21(5,6)19(24)22-18-15(3)12-14(2)13-16(18)4/h12-13,17H,7-11H2,1-6H3,(H,22,24). The summed E-state index contributed by atoms with van der Waals surface area (Å²) >= 11 is 0. The van der Waals surface area contributed by atoms with Crippen LogP contribution in [0.4, 0.5) is 5.69 Å². The lowest BCUT2D eigenvalue weighted by molar-refractivity contribution is -0.149. The Bertz CT molecular complexity index is 641. The van der Waals surface area contributed by atoms with Gasteiger partial charge in [-0.2, -0.15) is 0 Å². The van der Waals surface area contributed by atoms with Crippen LogP contribution < -0.4 is 5.32 Å². The van der Waals surface area contributed by atoms with Gasteiger partial charge in [-0.3, -0.25) is 9.59 Å². The predicted octanol–water partition coefficient (Wildman–Crippen LogP) is 4.37. The van der Waals surface area contributed by atoms with Crippen molar-refractivity contribution in [3.63, 3.8) is 0 Å². The number of likely N-dealkylation sites (tertiary alicyclic amines) is 1. The fourth-order valence-electron chi connectivity index (χ4n) is 3.80. The van der Waals surface area contributed by atoms with Gasteiger partial charge in [-0.15, -0.1) is 0 Å². The maximum atomic E-state index is 13.1. The number of anilines is 1. The molecule has 2 rings (SSSR count). The van der Waals surface area contributed by atoms with E-state index in [9.17, 15) is 9.59 Å². The van der Waals surface area contributed by atoms with Gasteiger partial charge in [-0.25, -0.2) is 0 Å². The molecule has 1 aliphatic rings. The molecule has 2 amide bonds. The van der Waals surface area contributed by atoms with Crippen LogP contribution in [-0.4, -0.2) is 29.3 Å². The molecule has 1 fully saturated rings. The summed E-state index contributed by atoms with van der Waals surface area (Å²) in [4.78, 5) is 28.0. The topological polar surface area (TPSA) is 49.4 Å². The van der Waals surface area contributed by atoms with Crippen LogP contribution in [0.25, 0.3) is 0 Å². The van der Waals surface area contributed by atoms with Gasteiger partial charge < -0.3 is 10.2 Å². The third-order valence-corrected chi connectivity index (χ3v) is 5.38. The zero-order valence-corrected chi connectivity index (χ0v) is 16.5. The number of hydrogen-bond donors (Lipinski definition) is 1. The number of piperidine rings is 1. The average molecular weight is 344 g/mol. The zero-order valence-electron chi connectivity index (χ0n) is 16.5. The lowest BCUT2D eigenvalue weighted by Gasteiger charge is -2.39. The largest absolute Gasteiger partial charge is 0.339 e. The Labute approximate surface area is 152 Å². The summed E-state index contributed by atoms with van der Waals surface area (Å²) in [5.41, 5.74) is 2.97. The van der Waals surface area contributed by atoms with E-state index in [1.54, 1.807) is 13.8 Å². The van der Waals surface area contributed by atoms with Gasteiger partial charge in [-0.05, 0) is 71.4 Å². The van der Waals surface area contributed by atoms with Gasteiger partial charge in [0.1, 0.15) is 5.41 Å². The summed E-state index contributed by atoms with van der Waals surface area (Å²) in [5, 5.41) is 3.01. The van der Waals surface area contributed by atoms with Crippen LogP contribution in [0.15, 0.2) is 12.1 Å². The molecule has 0 spiro atoms. The lowest BCUT2D eigenvalue weighted by Crippen LogP contribution is -2.52. The Hall–Kier alpha value is -1.84. The quantitative estimate of drug-likeness (QED) is 0.825. The van der Waals surface area contributed by atoms with Gasteiger partial charge in [-0.1, -0.05) is 24.6 Å². The first kappa shape index (κ1) is 19.5. The summed E-state index contributed by atoms with van der Waals surface area (Å²) in [7, 11) is 0. The van der Waals surface area contributed by atoms with Gasteiger partial charge >= 0.3 is 0 Å². The van der Waals surface area contributed by atoms with E-state index in [0.29, 0.717) is 0 Å². The minimum Gasteiger partial charge on any atom is -0.339 e. The number of rotatable bonds is 4. The van der Waals surface area contributed by atoms with Crippen molar-refractivity contribution in [3.05, 3.63) is 28.8 Å². The molecule has 0 saturated carbocycles. The molecule has 1 saturated heterocycles. The predicted molar refractivity (Wildman–Crippen MR) is 103 cm³/mol. The second-order valence-electron chi connectivity index (χ2n) is 7.91. The van der Waals surface area contributed by atoms with Crippen LogP contribution in [0, 0.1) is 26.2 Å². The van der Waals surface area contributed by atoms with Crippen LogP contribution >= 0.6 is 0 Å². The maximum absolute atomic E-state index is 13.1. The van der Waals surface area contributed by atoms with Gasteiger partial charge in [0.05, 0.1) is 0 Å². The van der Waals surface area contributed by atoms with E-state index >= 15 is 0 Å². The van der Waals surface area contributed by atoms with E-state index in [4.69, 9.17) is 0 Å². The minimum absolute atomic E-state index is 0.0565. The third-order valence-electron chi connectivity index (χ3n) is 5.38. The van der Waals surface area contributed by atoms with Crippen molar-refractivity contribution in [2.45, 2.75) is 73.3 Å². The Kier molecular flexibility index (Phi) is 5.91. The highest BCUT2D eigenvalue weighted by molar-refractivity contribution is 6.10. The maximum Gasteiger partial charge on any atom is 0.239 e. The van der Waals surface area contributed by atoms with Gasteiger partial charge in [0.25, 0.3) is 0 Å². The van der Waals surface area contributed by atoms with Crippen LogP contribution in [-0.2, 0) is 9.59 Å². The highest BCUT2D eigenvalue weighted by Crippen LogP contribution is 2.29. The van der Waals surface area contributed by atoms with Crippen LogP contribution in [0.2, 0.25) is 0 Å². The number of nitrogens with zero attached hydrogens (tertiary/aromatic N) is 1. The number of amides is 2. The molecule has 25 heavy (non-hydrogen) atoms. The highest BCUT2D eigenvalue weighted by Gasteiger charge is 2.41. The van der Waals surface area contributed by atoms with Gasteiger partial charge in [0, 0.05) is 18.3 Å². The Balaban J connectivity index is 2.21. The van der Waals surface area contributed by atoms with E-state index < -0.39 is 5.41 Å². The van der Waals surface area contributed by atoms with E-state index in [0.717, 1.165) is 49.0 Å². The van der Waals surface area contributed by atoms with Crippen molar-refractivity contribution in [2.24, 2.45) is 5.41 Å². The number of carbonyl (C=O) groups is 2. The van der Waals surface area contributed by atoms with E-state index in [2.05, 4.69) is 24.4 Å². The van der Waals surface area contributed by atoms with Crippen molar-refractivity contribution >= 4 is 17.5 Å². The number of benzene rings is 1. The zero-order chi connectivity index (χ0) is 18.8. The summed E-state index contributed by atoms with van der Waals surface area (Å²) < 4.78 is 0. The molecule has 138 valence electrons. The van der Waals surface area contributed by atoms with Crippen molar-refractivity contribution in [3.8, 4) is 0 Å². The normalized spacial score (nSPS) is 18.2. The first-order chi connectivity index (χ1) is 11.7. The number of aryl methyl sites for hydroxylation is 3. The second-order valence-corrected chi connectivity index (χ2v) is 7.91. The Morgan fingerprint density at radius 1 is 1.16 bits per heavy atom. The van der Waals surface area contributed by atoms with Crippen molar-refractivity contribution in [2.75, 3.05) is 11.9 Å². The fraction of sp³-hybridized carbons (Fsp3) is 0.619. The summed E-state index contributed by atoms with van der Waals surface area (Å²) in [6, 6.07) is 4.36. The molecule has 1 unspecified atom stereocenters. The second kappa shape index (κ2) is 7.59. The van der Waals surface area contributed by atoms with E-state index in [1.165, 1.54) is 5.56 Å². The average Bonchev–Trinajstić information content (AvgIpc) is 2.56. The van der Waals surface area contributed by atoms with Crippen molar-refractivity contribution in [1.29, 1.82) is 0 Å². The third kappa shape index (κ3) is 4.05. The van der Waals surface area contributed by atoms with Crippen LogP contribution in [0.5, 0.6) is 0 Å². The highest BCUT2D eigenvalue weighted by atomic mass is 16.2. The van der Waals surface area contributed by atoms with Crippen LogP contribution in [0.3, 0.4) is 0 Å². The molecule has 1 N–H and O–H groups in total. The lowest BCUT2D eigenvalue weighted by atomic mass is 9.87. The molecule has 1 aromatic rings. The summed E-state index contributed by atoms with van der Waals surface area (Å²) in [6.07, 6.45) is 4.17. The number of hydrogen-bond acceptors (Lipinski definition) is 2. The van der Waals surface area contributed by atoms with Gasteiger partial charge in [0.2, 0.25) is 11.8 Å². The molecule has 0 aromatic heterocycles. The first-order valence-corrected chi connectivity index (χ1v) is 9.38. The molecule has 1 aromatic carbocycles. The molecular formula is C21H32N2O2. The monoisotopic (exact) mass is 344 g/mol. The Morgan fingerprint density at radius 2 is 1.76 bits per heavy atom. The van der Waals surface area contributed by atoms with Gasteiger partial charge in [0.15, 0.2) is 0 Å². The minimum atomic E-state index is -1.07. The molecule has 1 atom stereocenters. The number of carbonyl (C=O) groups excluding carboxylic acids is 2. The summed E-state index contributed by atoms with van der Waals surface area (Å²) in [6.45, 7) is 12.4. The van der Waals surface area contributed by atoms with Crippen molar-refractivity contribution < 1.29 is 9.59 Å². The van der Waals surface area contributed by atoms with E-state index in [-0.39, 0.29) is 17.9 Å². The van der Waals surface area contributed by atoms with Crippen molar-refractivity contribution in [1.82, 2.24) is 4.90 Å². The smallest absolute Gasteiger partial charge is 0.239 e. The number of nitrogens with one attached hydrogen (secondary N) is 1. The first-order valence-electron chi connectivity index (χ1n) is 9.38. The molecule has 0 radical (unpaired) electrons. The molecule has 0 aliphatic carbocycles. The molecular weight excluding hydrogens is 312 g/mol. The van der Waals surface area contributed by atoms with Crippen LogP contribution in [0.1, 0.15) is 63.1 Å². The fourth-order valence-corrected chi connectivity index (χ4v) is 3.80. The van der Waals surface area contributed by atoms with E-state index in [1.807, 2.05) is 25.7 Å². The SMILES string of the molecule is CCC1CCCCN1C(=O)C(C)(C)C(=O)Nc1c(C)cc(C)cc1C. The Morgan fingerprint density at radius 3 is 2.32 bits per heavy atom. The molecule has 1 heterocycles. The summed E-state index contributed by atoms with van der Waals surface area (Å²) in [5.74, 6) is -0.285. The molecule has 0 bridgehead atoms. The molecule has 4 nitrogen and oxygen atoms in total. The molecule has 1 aliphatic heterocycles.